The fraction of sp³-hybridized carbons (Fsp3) is 0.136. The average Bonchev–Trinajstić information content (AvgIpc) is 3.42. The van der Waals surface area contributed by atoms with E-state index < -0.39 is 63.9 Å². The highest BCUT2D eigenvalue weighted by atomic mass is 35.5. The maximum Gasteiger partial charge on any atom is 0.471 e. The predicted molar refractivity (Wildman–Crippen MR) is 114 cm³/mol. The summed E-state index contributed by atoms with van der Waals surface area (Å²) in [6.07, 6.45) is -10.1. The molecule has 0 aliphatic carbocycles. The molecular weight excluding hydrogens is 540 g/mol. The minimum absolute atomic E-state index is 0.0797. The van der Waals surface area contributed by atoms with E-state index in [0.29, 0.717) is 13.2 Å². The number of hydrogen-bond acceptors (Lipinski definition) is 4. The van der Waals surface area contributed by atoms with Crippen LogP contribution in [0.3, 0.4) is 0 Å². The zero-order valence-corrected chi connectivity index (χ0v) is 18.9. The summed E-state index contributed by atoms with van der Waals surface area (Å²) in [5.41, 5.74) is -5.28. The van der Waals surface area contributed by atoms with Gasteiger partial charge in [0.2, 0.25) is 0 Å². The number of aromatic nitrogens is 3. The van der Waals surface area contributed by atoms with Crippen LogP contribution in [0, 0.1) is 11.6 Å². The number of alkyl halides is 6. The van der Waals surface area contributed by atoms with Gasteiger partial charge in [0.1, 0.15) is 23.0 Å². The summed E-state index contributed by atoms with van der Waals surface area (Å²) in [6, 6.07) is 7.09. The molecule has 4 rings (SSSR count). The van der Waals surface area contributed by atoms with Crippen molar-refractivity contribution in [2.24, 2.45) is 0 Å². The Bertz CT molecular complexity index is 1470. The molecule has 0 aliphatic heterocycles. The lowest BCUT2D eigenvalue weighted by molar-refractivity contribution is -0.170. The number of benzene rings is 2. The zero-order chi connectivity index (χ0) is 27.3. The van der Waals surface area contributed by atoms with E-state index in [1.165, 1.54) is 0 Å². The van der Waals surface area contributed by atoms with Gasteiger partial charge in [-0.05, 0) is 30.3 Å². The van der Waals surface area contributed by atoms with Crippen molar-refractivity contribution in [2.45, 2.75) is 12.4 Å². The van der Waals surface area contributed by atoms with E-state index in [1.807, 2.05) is 0 Å². The first-order valence-corrected chi connectivity index (χ1v) is 10.3. The van der Waals surface area contributed by atoms with Crippen LogP contribution in [-0.2, 0) is 11.0 Å². The number of carbonyl (C=O) groups excluding carboxylic acids is 1. The Labute approximate surface area is 206 Å². The lowest BCUT2D eigenvalue weighted by Gasteiger charge is -2.20. The molecule has 37 heavy (non-hydrogen) atoms. The second kappa shape index (κ2) is 9.18. The van der Waals surface area contributed by atoms with Gasteiger partial charge in [0.15, 0.2) is 11.5 Å². The second-order valence-electron chi connectivity index (χ2n) is 7.46. The summed E-state index contributed by atoms with van der Waals surface area (Å²) >= 11 is 5.99. The van der Waals surface area contributed by atoms with Crippen LogP contribution in [0.1, 0.15) is 5.69 Å². The largest absolute Gasteiger partial charge is 0.471 e. The molecule has 0 spiro atoms. The van der Waals surface area contributed by atoms with E-state index in [1.54, 1.807) is 0 Å². The quantitative estimate of drug-likeness (QED) is 0.266. The van der Waals surface area contributed by atoms with Crippen LogP contribution in [0.2, 0.25) is 5.02 Å². The van der Waals surface area contributed by atoms with E-state index in [9.17, 15) is 39.9 Å². The second-order valence-corrected chi connectivity index (χ2v) is 7.87. The molecule has 0 saturated heterocycles. The summed E-state index contributed by atoms with van der Waals surface area (Å²) in [6.45, 7) is 0. The number of nitrogens with zero attached hydrogens (tertiary/aromatic N) is 4. The molecule has 194 valence electrons. The van der Waals surface area contributed by atoms with Crippen molar-refractivity contribution in [3.8, 4) is 28.3 Å². The van der Waals surface area contributed by atoms with Gasteiger partial charge in [0.25, 0.3) is 0 Å². The number of amides is 1. The van der Waals surface area contributed by atoms with Crippen molar-refractivity contribution in [1.82, 2.24) is 14.9 Å². The predicted octanol–water partition coefficient (Wildman–Crippen LogP) is 6.67. The van der Waals surface area contributed by atoms with Crippen molar-refractivity contribution in [2.75, 3.05) is 11.9 Å². The molecule has 2 aromatic heterocycles. The van der Waals surface area contributed by atoms with Gasteiger partial charge < -0.3 is 9.42 Å². The van der Waals surface area contributed by atoms with Crippen molar-refractivity contribution in [3.05, 3.63) is 71.0 Å². The SMILES string of the molecule is CN(C(=O)C(F)(F)F)c1c(-c2c(F)cccc2Cl)noc1-c1cnn(-c2cccc(F)c2)c1C(F)(F)F. The number of hydrogen-bond donors (Lipinski definition) is 0. The first kappa shape index (κ1) is 26.1. The summed E-state index contributed by atoms with van der Waals surface area (Å²) in [4.78, 5) is 12.0. The normalized spacial score (nSPS) is 12.2. The van der Waals surface area contributed by atoms with Crippen LogP contribution in [0.5, 0.6) is 0 Å². The molecule has 0 atom stereocenters. The number of carbonyl (C=O) groups is 1. The summed E-state index contributed by atoms with van der Waals surface area (Å²) in [5, 5.41) is 6.69. The highest BCUT2D eigenvalue weighted by Gasteiger charge is 2.46. The topological polar surface area (TPSA) is 64.2 Å². The van der Waals surface area contributed by atoms with Crippen LogP contribution < -0.4 is 4.90 Å². The van der Waals surface area contributed by atoms with E-state index >= 15 is 0 Å². The van der Waals surface area contributed by atoms with E-state index in [2.05, 4.69) is 10.3 Å². The molecule has 0 bridgehead atoms. The van der Waals surface area contributed by atoms with Gasteiger partial charge in [-0.25, -0.2) is 13.5 Å². The summed E-state index contributed by atoms with van der Waals surface area (Å²) < 4.78 is 116. The molecule has 2 aromatic carbocycles. The minimum atomic E-state index is -5.47. The highest BCUT2D eigenvalue weighted by molar-refractivity contribution is 6.33. The number of rotatable bonds is 4. The van der Waals surface area contributed by atoms with E-state index in [0.717, 1.165) is 42.5 Å². The molecule has 0 saturated carbocycles. The van der Waals surface area contributed by atoms with Gasteiger partial charge in [-0.1, -0.05) is 28.9 Å². The van der Waals surface area contributed by atoms with Crippen LogP contribution in [-0.4, -0.2) is 34.1 Å². The number of halogens is 9. The van der Waals surface area contributed by atoms with Crippen molar-refractivity contribution >= 4 is 23.2 Å². The molecule has 1 amide bonds. The maximum atomic E-state index is 14.6. The van der Waals surface area contributed by atoms with Crippen LogP contribution >= 0.6 is 11.6 Å². The van der Waals surface area contributed by atoms with Crippen LogP contribution in [0.4, 0.5) is 40.8 Å². The Hall–Kier alpha value is -3.94. The third-order valence-electron chi connectivity index (χ3n) is 5.08. The van der Waals surface area contributed by atoms with Crippen molar-refractivity contribution < 1.29 is 44.4 Å². The smallest absolute Gasteiger partial charge is 0.353 e. The van der Waals surface area contributed by atoms with Gasteiger partial charge in [0, 0.05) is 7.05 Å². The Morgan fingerprint density at radius 2 is 1.73 bits per heavy atom. The van der Waals surface area contributed by atoms with Gasteiger partial charge >= 0.3 is 18.3 Å². The monoisotopic (exact) mass is 550 g/mol. The molecule has 0 radical (unpaired) electrons. The number of anilines is 1. The summed E-state index contributed by atoms with van der Waals surface area (Å²) in [5.74, 6) is -5.51. The Kier molecular flexibility index (Phi) is 6.48. The standard InChI is InChI=1S/C22H11ClF8N4O2/c1-34(20(36)22(29,30)31)17-16(15-13(23)6-3-7-14(15)25)33-37-18(17)12-9-32-35(19(12)21(26,27)28)11-5-2-4-10(24)8-11/h2-9H,1H3. The lowest BCUT2D eigenvalue weighted by Crippen LogP contribution is -2.38. The molecule has 0 unspecified atom stereocenters. The van der Waals surface area contributed by atoms with Crippen molar-refractivity contribution in [3.63, 3.8) is 0 Å². The first-order valence-electron chi connectivity index (χ1n) is 9.92. The van der Waals surface area contributed by atoms with Gasteiger partial charge in [-0.15, -0.1) is 0 Å². The van der Waals surface area contributed by atoms with E-state index in [-0.39, 0.29) is 20.3 Å². The molecule has 0 aliphatic rings. The van der Waals surface area contributed by atoms with Crippen LogP contribution in [0.25, 0.3) is 28.3 Å². The zero-order valence-electron chi connectivity index (χ0n) is 18.1. The minimum Gasteiger partial charge on any atom is -0.353 e. The molecular formula is C22H11ClF8N4O2. The van der Waals surface area contributed by atoms with E-state index in [4.69, 9.17) is 16.1 Å². The molecule has 4 aromatic rings. The molecule has 15 heteroatoms. The first-order chi connectivity index (χ1) is 17.2. The molecule has 2 heterocycles. The van der Waals surface area contributed by atoms with Crippen LogP contribution in [0.15, 0.2) is 53.2 Å². The Morgan fingerprint density at radius 3 is 2.32 bits per heavy atom. The van der Waals surface area contributed by atoms with Crippen molar-refractivity contribution in [1.29, 1.82) is 0 Å². The summed E-state index contributed by atoms with van der Waals surface area (Å²) in [7, 11) is 0.592. The Morgan fingerprint density at radius 1 is 1.05 bits per heavy atom. The molecule has 0 N–H and O–H groups in total. The highest BCUT2D eigenvalue weighted by Crippen LogP contribution is 2.47. The molecule has 6 nitrogen and oxygen atoms in total. The third-order valence-corrected chi connectivity index (χ3v) is 5.40. The third kappa shape index (κ3) is 4.75. The molecule has 0 fully saturated rings. The fourth-order valence-corrected chi connectivity index (χ4v) is 3.80. The average molecular weight is 551 g/mol. The van der Waals surface area contributed by atoms with Gasteiger partial charge in [0.05, 0.1) is 28.0 Å². The lowest BCUT2D eigenvalue weighted by atomic mass is 10.1. The van der Waals surface area contributed by atoms with Gasteiger partial charge in [-0.2, -0.15) is 31.4 Å². The maximum absolute atomic E-state index is 14.6. The fourth-order valence-electron chi connectivity index (χ4n) is 3.54. The Balaban J connectivity index is 2.04. The van der Waals surface area contributed by atoms with Gasteiger partial charge in [-0.3, -0.25) is 4.79 Å².